The molecule has 0 N–H and O–H groups in total. The summed E-state index contributed by atoms with van der Waals surface area (Å²) in [5, 5.41) is 0. The van der Waals surface area contributed by atoms with E-state index < -0.39 is 12.0 Å². The van der Waals surface area contributed by atoms with Crippen molar-refractivity contribution in [2.24, 2.45) is 4.99 Å². The number of anilines is 1. The average Bonchev–Trinajstić information content (AvgIpc) is 3.79. The highest BCUT2D eigenvalue weighted by atomic mass is 32.1. The lowest BCUT2D eigenvalue weighted by Gasteiger charge is -2.26. The Hall–Kier alpha value is -4.63. The summed E-state index contributed by atoms with van der Waals surface area (Å²) < 4.78 is 18.9. The molecule has 0 amide bonds. The van der Waals surface area contributed by atoms with Gasteiger partial charge in [-0.2, -0.15) is 0 Å². The first-order valence-corrected chi connectivity index (χ1v) is 15.4. The van der Waals surface area contributed by atoms with Gasteiger partial charge in [-0.25, -0.2) is 9.79 Å². The number of rotatable bonds is 6. The zero-order valence-corrected chi connectivity index (χ0v) is 24.9. The van der Waals surface area contributed by atoms with Gasteiger partial charge in [-0.3, -0.25) is 9.36 Å². The molecule has 218 valence electrons. The predicted octanol–water partition coefficient (Wildman–Crippen LogP) is 4.57. The number of hydrogen-bond donors (Lipinski definition) is 0. The number of ether oxygens (including phenoxy) is 3. The van der Waals surface area contributed by atoms with Crippen molar-refractivity contribution in [2.75, 3.05) is 31.4 Å². The normalized spacial score (nSPS) is 17.7. The standard InChI is InChI=1S/C34H31N3O5S/c1-3-40-33(39)29-30(22-9-5-4-6-10-22)35-34-37(31(29)24-12-14-26-27(18-24)42-20-41-26)32(38)28(43-34)19-23-11-13-25(17-21(23)2)36-15-7-8-16-36/h4-6,9-14,17-19,31H,3,7-8,15-16,20H2,1-2H3/b28-19+/t31-/m1/s1. The van der Waals surface area contributed by atoms with Crippen LogP contribution in [0, 0.1) is 6.92 Å². The first-order valence-electron chi connectivity index (χ1n) is 14.6. The van der Waals surface area contributed by atoms with Crippen molar-refractivity contribution < 1.29 is 19.0 Å². The molecule has 4 heterocycles. The average molecular weight is 594 g/mol. The van der Waals surface area contributed by atoms with Crippen LogP contribution in [0.15, 0.2) is 82.1 Å². The first kappa shape index (κ1) is 27.2. The number of aromatic nitrogens is 1. The van der Waals surface area contributed by atoms with Gasteiger partial charge in [0.15, 0.2) is 16.3 Å². The molecule has 0 radical (unpaired) electrons. The Balaban J connectivity index is 1.43. The molecule has 3 aromatic carbocycles. The molecule has 9 heteroatoms. The van der Waals surface area contributed by atoms with E-state index >= 15 is 0 Å². The Bertz CT molecular complexity index is 1940. The summed E-state index contributed by atoms with van der Waals surface area (Å²) in [6, 6.07) is 20.7. The second-order valence-corrected chi connectivity index (χ2v) is 11.8. The Morgan fingerprint density at radius 3 is 2.60 bits per heavy atom. The Morgan fingerprint density at radius 1 is 1.05 bits per heavy atom. The highest BCUT2D eigenvalue weighted by Crippen LogP contribution is 2.40. The number of nitrogens with zero attached hydrogens (tertiary/aromatic N) is 3. The first-order chi connectivity index (χ1) is 21.0. The molecule has 43 heavy (non-hydrogen) atoms. The lowest BCUT2D eigenvalue weighted by atomic mass is 9.93. The fraction of sp³-hybridized carbons (Fsp3) is 0.265. The molecular formula is C34H31N3O5S. The Kier molecular flexibility index (Phi) is 7.10. The van der Waals surface area contributed by atoms with Gasteiger partial charge in [-0.15, -0.1) is 0 Å². The van der Waals surface area contributed by atoms with Gasteiger partial charge in [0.05, 0.1) is 28.5 Å². The molecule has 7 rings (SSSR count). The summed E-state index contributed by atoms with van der Waals surface area (Å²) in [6.07, 6.45) is 4.36. The van der Waals surface area contributed by atoms with Crippen molar-refractivity contribution in [3.05, 3.63) is 114 Å². The van der Waals surface area contributed by atoms with E-state index in [1.807, 2.05) is 54.6 Å². The van der Waals surface area contributed by atoms with Crippen LogP contribution in [0.2, 0.25) is 0 Å². The summed E-state index contributed by atoms with van der Waals surface area (Å²) in [4.78, 5) is 35.8. The smallest absolute Gasteiger partial charge is 0.338 e. The molecule has 3 aliphatic heterocycles. The molecular weight excluding hydrogens is 562 g/mol. The van der Waals surface area contributed by atoms with Crippen LogP contribution < -0.4 is 29.3 Å². The Morgan fingerprint density at radius 2 is 1.84 bits per heavy atom. The SMILES string of the molecule is CCOC(=O)C1=C(c2ccccc2)N=c2s/c(=C/c3ccc(N4CCCC4)cc3C)c(=O)n2[C@@H]1c1ccc2c(c1)OCO2. The second kappa shape index (κ2) is 11.2. The largest absolute Gasteiger partial charge is 0.463 e. The van der Waals surface area contributed by atoms with E-state index in [9.17, 15) is 9.59 Å². The van der Waals surface area contributed by atoms with E-state index in [1.165, 1.54) is 29.9 Å². The molecule has 8 nitrogen and oxygen atoms in total. The lowest BCUT2D eigenvalue weighted by molar-refractivity contribution is -0.138. The van der Waals surface area contributed by atoms with Gasteiger partial charge in [-0.05, 0) is 73.7 Å². The second-order valence-electron chi connectivity index (χ2n) is 10.8. The van der Waals surface area contributed by atoms with Crippen LogP contribution in [-0.2, 0) is 9.53 Å². The lowest BCUT2D eigenvalue weighted by Crippen LogP contribution is -2.40. The number of carbonyl (C=O) groups is 1. The van der Waals surface area contributed by atoms with Crippen LogP contribution in [0.3, 0.4) is 0 Å². The van der Waals surface area contributed by atoms with Crippen LogP contribution >= 0.6 is 11.3 Å². The zero-order valence-electron chi connectivity index (χ0n) is 24.0. The van der Waals surface area contributed by atoms with Crippen LogP contribution in [0.1, 0.15) is 48.1 Å². The van der Waals surface area contributed by atoms with E-state index in [1.54, 1.807) is 11.5 Å². The van der Waals surface area contributed by atoms with Gasteiger partial charge in [0.25, 0.3) is 5.56 Å². The number of benzene rings is 3. The molecule has 1 atom stereocenters. The summed E-state index contributed by atoms with van der Waals surface area (Å²) in [7, 11) is 0. The van der Waals surface area contributed by atoms with Crippen LogP contribution in [0.5, 0.6) is 11.5 Å². The molecule has 0 bridgehead atoms. The van der Waals surface area contributed by atoms with Gasteiger partial charge >= 0.3 is 5.97 Å². The van der Waals surface area contributed by atoms with Crippen molar-refractivity contribution >= 4 is 34.8 Å². The van der Waals surface area contributed by atoms with Crippen molar-refractivity contribution in [1.82, 2.24) is 4.57 Å². The quantitative estimate of drug-likeness (QED) is 0.305. The molecule has 1 fully saturated rings. The molecule has 0 unspecified atom stereocenters. The minimum atomic E-state index is -0.777. The monoisotopic (exact) mass is 593 g/mol. The van der Waals surface area contributed by atoms with Crippen LogP contribution in [0.25, 0.3) is 11.8 Å². The Labute approximate surface area is 252 Å². The third-order valence-electron chi connectivity index (χ3n) is 8.10. The number of fused-ring (bicyclic) bond motifs is 2. The third-order valence-corrected chi connectivity index (χ3v) is 9.08. The molecule has 0 aliphatic carbocycles. The number of esters is 1. The number of carbonyl (C=O) groups excluding carboxylic acids is 1. The van der Waals surface area contributed by atoms with Gasteiger partial charge in [-0.1, -0.05) is 53.8 Å². The zero-order chi connectivity index (χ0) is 29.5. The van der Waals surface area contributed by atoms with Crippen molar-refractivity contribution in [3.63, 3.8) is 0 Å². The molecule has 1 aromatic heterocycles. The maximum atomic E-state index is 14.2. The van der Waals surface area contributed by atoms with E-state index in [-0.39, 0.29) is 19.0 Å². The van der Waals surface area contributed by atoms with E-state index in [4.69, 9.17) is 19.2 Å². The number of aryl methyl sites for hydroxylation is 1. The predicted molar refractivity (Wildman–Crippen MR) is 166 cm³/mol. The van der Waals surface area contributed by atoms with Crippen molar-refractivity contribution in [2.45, 2.75) is 32.7 Å². The molecule has 0 spiro atoms. The summed E-state index contributed by atoms with van der Waals surface area (Å²) in [5.74, 6) is 0.666. The fourth-order valence-corrected chi connectivity index (χ4v) is 6.97. The highest BCUT2D eigenvalue weighted by molar-refractivity contribution is 7.07. The van der Waals surface area contributed by atoms with Crippen molar-refractivity contribution in [1.29, 1.82) is 0 Å². The maximum absolute atomic E-state index is 14.2. The summed E-state index contributed by atoms with van der Waals surface area (Å²) in [5.41, 5.74) is 5.32. The molecule has 3 aliphatic rings. The van der Waals surface area contributed by atoms with Gasteiger partial charge in [0.2, 0.25) is 6.79 Å². The van der Waals surface area contributed by atoms with Gasteiger partial charge < -0.3 is 19.1 Å². The number of thiazole rings is 1. The van der Waals surface area contributed by atoms with Crippen molar-refractivity contribution in [3.8, 4) is 11.5 Å². The highest BCUT2D eigenvalue weighted by Gasteiger charge is 2.36. The minimum absolute atomic E-state index is 0.118. The third kappa shape index (κ3) is 4.93. The van der Waals surface area contributed by atoms with Gasteiger partial charge in [0.1, 0.15) is 0 Å². The van der Waals surface area contributed by atoms with Crippen LogP contribution in [0.4, 0.5) is 5.69 Å². The van der Waals surface area contributed by atoms with E-state index in [0.29, 0.717) is 37.7 Å². The maximum Gasteiger partial charge on any atom is 0.338 e. The summed E-state index contributed by atoms with van der Waals surface area (Å²) in [6.45, 7) is 6.29. The fourth-order valence-electron chi connectivity index (χ4n) is 5.97. The van der Waals surface area contributed by atoms with Crippen LogP contribution in [-0.4, -0.2) is 37.0 Å². The molecule has 4 aromatic rings. The molecule has 1 saturated heterocycles. The number of hydrogen-bond acceptors (Lipinski definition) is 8. The minimum Gasteiger partial charge on any atom is -0.463 e. The molecule has 0 saturated carbocycles. The van der Waals surface area contributed by atoms with E-state index in [0.717, 1.165) is 29.8 Å². The summed E-state index contributed by atoms with van der Waals surface area (Å²) >= 11 is 1.32. The van der Waals surface area contributed by atoms with Gasteiger partial charge in [0, 0.05) is 24.3 Å². The topological polar surface area (TPSA) is 82.4 Å². The van der Waals surface area contributed by atoms with E-state index in [2.05, 4.69) is 30.0 Å².